The smallest absolute Gasteiger partial charge is 0.212 e. The molecule has 1 aliphatic rings. The summed E-state index contributed by atoms with van der Waals surface area (Å²) in [6.45, 7) is 7.47. The van der Waals surface area contributed by atoms with E-state index < -0.39 is 10.0 Å². The zero-order valence-corrected chi connectivity index (χ0v) is 13.5. The van der Waals surface area contributed by atoms with Crippen LogP contribution in [0.5, 0.6) is 0 Å². The lowest BCUT2D eigenvalue weighted by molar-refractivity contribution is 0.319. The van der Waals surface area contributed by atoms with Crippen molar-refractivity contribution >= 4 is 10.0 Å². The fourth-order valence-electron chi connectivity index (χ4n) is 3.04. The first-order valence-corrected chi connectivity index (χ1v) is 9.13. The second-order valence-electron chi connectivity index (χ2n) is 5.86. The van der Waals surface area contributed by atoms with Gasteiger partial charge in [-0.15, -0.1) is 0 Å². The maximum atomic E-state index is 11.9. The van der Waals surface area contributed by atoms with Gasteiger partial charge in [-0.3, -0.25) is 0 Å². The van der Waals surface area contributed by atoms with E-state index in [2.05, 4.69) is 38.1 Å². The molecule has 0 N–H and O–H groups in total. The van der Waals surface area contributed by atoms with Crippen LogP contribution in [-0.4, -0.2) is 31.6 Å². The quantitative estimate of drug-likeness (QED) is 0.854. The summed E-state index contributed by atoms with van der Waals surface area (Å²) in [7, 11) is -3.02. The van der Waals surface area contributed by atoms with Gasteiger partial charge in [-0.2, -0.15) is 0 Å². The molecule has 0 unspecified atom stereocenters. The van der Waals surface area contributed by atoms with Gasteiger partial charge in [-0.05, 0) is 42.7 Å². The molecule has 0 bridgehead atoms. The fraction of sp³-hybridized carbons (Fsp3) is 0.625. The molecule has 1 aromatic carbocycles. The Kier molecular flexibility index (Phi) is 4.86. The lowest BCUT2D eigenvalue weighted by Crippen LogP contribution is -2.38. The van der Waals surface area contributed by atoms with Gasteiger partial charge in [0.25, 0.3) is 0 Å². The molecule has 1 aromatic rings. The second-order valence-corrected chi connectivity index (χ2v) is 8.12. The van der Waals surface area contributed by atoms with Gasteiger partial charge in [0.15, 0.2) is 0 Å². The molecular weight excluding hydrogens is 270 g/mol. The lowest BCUT2D eigenvalue weighted by atomic mass is 9.84. The summed E-state index contributed by atoms with van der Waals surface area (Å²) in [6.07, 6.45) is 1.87. The zero-order chi connectivity index (χ0) is 14.8. The van der Waals surface area contributed by atoms with Crippen LogP contribution in [0.15, 0.2) is 24.3 Å². The van der Waals surface area contributed by atoms with Crippen molar-refractivity contribution in [2.75, 3.05) is 18.8 Å². The highest BCUT2D eigenvalue weighted by molar-refractivity contribution is 7.89. The maximum Gasteiger partial charge on any atom is 0.213 e. The van der Waals surface area contributed by atoms with E-state index in [9.17, 15) is 8.42 Å². The first-order chi connectivity index (χ1) is 9.45. The van der Waals surface area contributed by atoms with Crippen LogP contribution in [-0.2, 0) is 10.0 Å². The normalized spacial score (nSPS) is 18.6. The molecule has 0 atom stereocenters. The Morgan fingerprint density at radius 2 is 1.80 bits per heavy atom. The molecule has 4 heteroatoms. The molecule has 1 fully saturated rings. The van der Waals surface area contributed by atoms with E-state index >= 15 is 0 Å². The predicted molar refractivity (Wildman–Crippen MR) is 83.5 cm³/mol. The predicted octanol–water partition coefficient (Wildman–Crippen LogP) is 3.34. The summed E-state index contributed by atoms with van der Waals surface area (Å²) < 4.78 is 25.5. The van der Waals surface area contributed by atoms with Crippen molar-refractivity contribution in [3.05, 3.63) is 35.4 Å². The van der Waals surface area contributed by atoms with Crippen LogP contribution in [0, 0.1) is 0 Å². The van der Waals surface area contributed by atoms with Crippen LogP contribution in [0.2, 0.25) is 0 Å². The van der Waals surface area contributed by atoms with Gasteiger partial charge in [0.2, 0.25) is 10.0 Å². The molecule has 1 heterocycles. The van der Waals surface area contributed by atoms with E-state index in [1.54, 1.807) is 11.2 Å². The van der Waals surface area contributed by atoms with Gasteiger partial charge in [0.05, 0.1) is 5.75 Å². The Morgan fingerprint density at radius 3 is 2.35 bits per heavy atom. The summed E-state index contributed by atoms with van der Waals surface area (Å²) in [6, 6.07) is 8.60. The minimum atomic E-state index is -3.02. The number of benzene rings is 1. The number of rotatable bonds is 4. The largest absolute Gasteiger partial charge is 0.213 e. The van der Waals surface area contributed by atoms with Crippen LogP contribution < -0.4 is 0 Å². The third-order valence-corrected chi connectivity index (χ3v) is 6.15. The van der Waals surface area contributed by atoms with Gasteiger partial charge in [0, 0.05) is 13.1 Å². The topological polar surface area (TPSA) is 37.4 Å². The molecule has 1 saturated heterocycles. The molecule has 2 rings (SSSR count). The Morgan fingerprint density at radius 1 is 1.20 bits per heavy atom. The number of piperidine rings is 1. The first kappa shape index (κ1) is 15.5. The third-order valence-electron chi connectivity index (χ3n) is 4.27. The maximum absolute atomic E-state index is 11.9. The minimum Gasteiger partial charge on any atom is -0.212 e. The van der Waals surface area contributed by atoms with E-state index in [0.717, 1.165) is 12.8 Å². The summed E-state index contributed by atoms with van der Waals surface area (Å²) in [5.41, 5.74) is 2.82. The minimum absolute atomic E-state index is 0.209. The summed E-state index contributed by atoms with van der Waals surface area (Å²) in [5, 5.41) is 0. The van der Waals surface area contributed by atoms with Gasteiger partial charge in [0.1, 0.15) is 0 Å². The summed E-state index contributed by atoms with van der Waals surface area (Å²) in [4.78, 5) is 0. The summed E-state index contributed by atoms with van der Waals surface area (Å²) >= 11 is 0. The number of sulfonamides is 1. The van der Waals surface area contributed by atoms with E-state index in [-0.39, 0.29) is 5.75 Å². The lowest BCUT2D eigenvalue weighted by Gasteiger charge is -2.32. The Bertz CT molecular complexity index is 543. The first-order valence-electron chi connectivity index (χ1n) is 7.52. The number of hydrogen-bond acceptors (Lipinski definition) is 2. The van der Waals surface area contributed by atoms with E-state index in [1.807, 2.05) is 0 Å². The van der Waals surface area contributed by atoms with Crippen molar-refractivity contribution in [1.29, 1.82) is 0 Å². The SMILES string of the molecule is CCS(=O)(=O)N1CCC(c2ccccc2C(C)C)CC1. The van der Waals surface area contributed by atoms with E-state index in [1.165, 1.54) is 11.1 Å². The number of hydrogen-bond donors (Lipinski definition) is 0. The monoisotopic (exact) mass is 295 g/mol. The van der Waals surface area contributed by atoms with Gasteiger partial charge in [-0.25, -0.2) is 12.7 Å². The molecular formula is C16H25NO2S. The Balaban J connectivity index is 2.12. The molecule has 0 aromatic heterocycles. The molecule has 0 amide bonds. The Hall–Kier alpha value is -0.870. The summed E-state index contributed by atoms with van der Waals surface area (Å²) in [5.74, 6) is 1.22. The highest BCUT2D eigenvalue weighted by atomic mass is 32.2. The molecule has 3 nitrogen and oxygen atoms in total. The molecule has 20 heavy (non-hydrogen) atoms. The number of nitrogens with zero attached hydrogens (tertiary/aromatic N) is 1. The average molecular weight is 295 g/mol. The van der Waals surface area contributed by atoms with Gasteiger partial charge < -0.3 is 0 Å². The average Bonchev–Trinajstić information content (AvgIpc) is 2.47. The molecule has 0 spiro atoms. The Labute approximate surface area is 123 Å². The van der Waals surface area contributed by atoms with Crippen LogP contribution >= 0.6 is 0 Å². The van der Waals surface area contributed by atoms with Crippen molar-refractivity contribution in [3.8, 4) is 0 Å². The molecule has 0 radical (unpaired) electrons. The highest BCUT2D eigenvalue weighted by Crippen LogP contribution is 2.33. The molecule has 0 aliphatic carbocycles. The fourth-order valence-corrected chi connectivity index (χ4v) is 4.17. The second kappa shape index (κ2) is 6.27. The van der Waals surface area contributed by atoms with E-state index in [4.69, 9.17) is 0 Å². The van der Waals surface area contributed by atoms with E-state index in [0.29, 0.717) is 24.9 Å². The van der Waals surface area contributed by atoms with Crippen LogP contribution in [0.3, 0.4) is 0 Å². The van der Waals surface area contributed by atoms with Crippen molar-refractivity contribution < 1.29 is 8.42 Å². The van der Waals surface area contributed by atoms with Crippen molar-refractivity contribution in [2.45, 2.75) is 45.4 Å². The van der Waals surface area contributed by atoms with Crippen molar-refractivity contribution in [3.63, 3.8) is 0 Å². The standard InChI is InChI=1S/C16H25NO2S/c1-4-20(18,19)17-11-9-14(10-12-17)16-8-6-5-7-15(16)13(2)3/h5-8,13-14H,4,9-12H2,1-3H3. The van der Waals surface area contributed by atoms with Gasteiger partial charge in [-0.1, -0.05) is 38.1 Å². The molecule has 112 valence electrons. The van der Waals surface area contributed by atoms with Crippen molar-refractivity contribution in [2.24, 2.45) is 0 Å². The van der Waals surface area contributed by atoms with Crippen LogP contribution in [0.4, 0.5) is 0 Å². The molecule has 0 saturated carbocycles. The van der Waals surface area contributed by atoms with Gasteiger partial charge >= 0.3 is 0 Å². The van der Waals surface area contributed by atoms with Crippen LogP contribution in [0.1, 0.15) is 56.6 Å². The molecule has 1 aliphatic heterocycles. The third kappa shape index (κ3) is 3.23. The van der Waals surface area contributed by atoms with Crippen molar-refractivity contribution in [1.82, 2.24) is 4.31 Å². The zero-order valence-electron chi connectivity index (χ0n) is 12.7. The van der Waals surface area contributed by atoms with Crippen LogP contribution in [0.25, 0.3) is 0 Å². The highest BCUT2D eigenvalue weighted by Gasteiger charge is 2.28.